The Bertz CT molecular complexity index is 580. The number of halogens is 1. The van der Waals surface area contributed by atoms with Gasteiger partial charge in [-0.25, -0.2) is 4.39 Å². The predicted molar refractivity (Wildman–Crippen MR) is 73.8 cm³/mol. The summed E-state index contributed by atoms with van der Waals surface area (Å²) in [5, 5.41) is 7.28. The maximum atomic E-state index is 13.1. The molecule has 0 atom stereocenters. The van der Waals surface area contributed by atoms with Crippen molar-refractivity contribution in [1.82, 2.24) is 4.98 Å². The molecule has 4 nitrogen and oxygen atoms in total. The predicted octanol–water partition coefficient (Wildman–Crippen LogP) is 2.14. The Labute approximate surface area is 111 Å². The lowest BCUT2D eigenvalue weighted by atomic mass is 10.2. The molecule has 0 saturated heterocycles. The lowest BCUT2D eigenvalue weighted by molar-refractivity contribution is 0.625. The minimum absolute atomic E-state index is 0.0562. The number of pyridine rings is 1. The number of nitrogen functional groups attached to an aromatic ring is 1. The van der Waals surface area contributed by atoms with Crippen LogP contribution < -0.4 is 10.6 Å². The highest BCUT2D eigenvalue weighted by atomic mass is 19.1. The van der Waals surface area contributed by atoms with E-state index in [2.05, 4.69) is 4.98 Å². The van der Waals surface area contributed by atoms with Crippen LogP contribution >= 0.6 is 0 Å². The van der Waals surface area contributed by atoms with Crippen LogP contribution in [0, 0.1) is 11.2 Å². The average Bonchev–Trinajstić information content (AvgIpc) is 2.39. The summed E-state index contributed by atoms with van der Waals surface area (Å²) in [6.07, 6.45) is 1.65. The van der Waals surface area contributed by atoms with Gasteiger partial charge in [-0.15, -0.1) is 0 Å². The summed E-state index contributed by atoms with van der Waals surface area (Å²) in [6.45, 7) is 0.582. The molecule has 0 spiro atoms. The summed E-state index contributed by atoms with van der Waals surface area (Å²) in [4.78, 5) is 6.04. The first kappa shape index (κ1) is 13.0. The molecule has 3 N–H and O–H groups in total. The molecule has 0 saturated carbocycles. The largest absolute Gasteiger partial charge is 0.382 e. The van der Waals surface area contributed by atoms with Gasteiger partial charge in [0, 0.05) is 13.6 Å². The second kappa shape index (κ2) is 5.48. The average molecular weight is 258 g/mol. The number of hydrogen-bond acceptors (Lipinski definition) is 3. The zero-order valence-corrected chi connectivity index (χ0v) is 10.6. The van der Waals surface area contributed by atoms with Gasteiger partial charge in [-0.1, -0.05) is 12.1 Å². The highest BCUT2D eigenvalue weighted by Gasteiger charge is 2.05. The van der Waals surface area contributed by atoms with Crippen LogP contribution in [0.2, 0.25) is 0 Å². The first-order chi connectivity index (χ1) is 9.06. The van der Waals surface area contributed by atoms with Gasteiger partial charge < -0.3 is 10.6 Å². The van der Waals surface area contributed by atoms with Gasteiger partial charge in [0.25, 0.3) is 0 Å². The van der Waals surface area contributed by atoms with Gasteiger partial charge in [0.1, 0.15) is 17.3 Å². The number of nitrogens with zero attached hydrogens (tertiary/aromatic N) is 2. The van der Waals surface area contributed by atoms with Crippen molar-refractivity contribution >= 4 is 11.5 Å². The first-order valence-electron chi connectivity index (χ1n) is 5.82. The van der Waals surface area contributed by atoms with Gasteiger partial charge in [0.05, 0.1) is 11.9 Å². The molecule has 0 aliphatic rings. The van der Waals surface area contributed by atoms with Crippen molar-refractivity contribution in [2.75, 3.05) is 11.9 Å². The van der Waals surface area contributed by atoms with E-state index in [1.54, 1.807) is 18.3 Å². The Morgan fingerprint density at radius 3 is 2.74 bits per heavy atom. The quantitative estimate of drug-likeness (QED) is 0.652. The fourth-order valence-electron chi connectivity index (χ4n) is 1.77. The molecule has 1 heterocycles. The summed E-state index contributed by atoms with van der Waals surface area (Å²) in [7, 11) is 1.90. The van der Waals surface area contributed by atoms with E-state index < -0.39 is 0 Å². The molecule has 0 radical (unpaired) electrons. The monoisotopic (exact) mass is 258 g/mol. The smallest absolute Gasteiger partial charge is 0.141 e. The number of benzene rings is 1. The molecular weight excluding hydrogens is 243 g/mol. The molecule has 1 aromatic carbocycles. The zero-order valence-electron chi connectivity index (χ0n) is 10.6. The second-order valence-corrected chi connectivity index (χ2v) is 4.30. The number of aromatic nitrogens is 1. The third-order valence-electron chi connectivity index (χ3n) is 2.77. The third-order valence-corrected chi connectivity index (χ3v) is 2.77. The Hall–Kier alpha value is -2.43. The molecule has 0 aliphatic heterocycles. The molecule has 2 aromatic rings. The normalized spacial score (nSPS) is 10.2. The van der Waals surface area contributed by atoms with Gasteiger partial charge in [0.15, 0.2) is 0 Å². The zero-order chi connectivity index (χ0) is 13.8. The van der Waals surface area contributed by atoms with Crippen molar-refractivity contribution in [3.63, 3.8) is 0 Å². The van der Waals surface area contributed by atoms with E-state index in [4.69, 9.17) is 11.1 Å². The molecule has 0 aliphatic carbocycles. The van der Waals surface area contributed by atoms with Gasteiger partial charge in [-0.3, -0.25) is 10.4 Å². The van der Waals surface area contributed by atoms with E-state index in [0.29, 0.717) is 12.2 Å². The summed E-state index contributed by atoms with van der Waals surface area (Å²) in [5.41, 5.74) is 7.56. The summed E-state index contributed by atoms with van der Waals surface area (Å²) in [6, 6.07) is 10.0. The van der Waals surface area contributed by atoms with Crippen LogP contribution in [0.1, 0.15) is 11.3 Å². The van der Waals surface area contributed by atoms with Crippen LogP contribution in [0.15, 0.2) is 42.6 Å². The van der Waals surface area contributed by atoms with Crippen LogP contribution in [-0.4, -0.2) is 17.9 Å². The van der Waals surface area contributed by atoms with Crippen LogP contribution in [0.4, 0.5) is 10.1 Å². The van der Waals surface area contributed by atoms with Gasteiger partial charge in [-0.2, -0.15) is 0 Å². The fraction of sp³-hybridized carbons (Fsp3) is 0.143. The number of nitrogens with one attached hydrogen (secondary N) is 1. The van der Waals surface area contributed by atoms with E-state index >= 15 is 0 Å². The SMILES string of the molecule is CN(Cc1cccc(F)c1)c1ccc(C(=N)N)nc1. The molecule has 0 fully saturated rings. The Kier molecular flexibility index (Phi) is 3.75. The number of hydrogen-bond donors (Lipinski definition) is 2. The lowest BCUT2D eigenvalue weighted by Gasteiger charge is -2.19. The van der Waals surface area contributed by atoms with Crippen LogP contribution in [-0.2, 0) is 6.54 Å². The Balaban J connectivity index is 2.11. The standard InChI is InChI=1S/C14H15FN4/c1-19(9-10-3-2-4-11(15)7-10)12-5-6-13(14(16)17)18-8-12/h2-8H,9H2,1H3,(H3,16,17). The van der Waals surface area contributed by atoms with Crippen molar-refractivity contribution in [2.45, 2.75) is 6.54 Å². The van der Waals surface area contributed by atoms with Crippen molar-refractivity contribution < 1.29 is 4.39 Å². The van der Waals surface area contributed by atoms with E-state index in [1.807, 2.05) is 24.1 Å². The van der Waals surface area contributed by atoms with Gasteiger partial charge >= 0.3 is 0 Å². The van der Waals surface area contributed by atoms with Crippen LogP contribution in [0.3, 0.4) is 0 Å². The van der Waals surface area contributed by atoms with Crippen molar-refractivity contribution in [3.8, 4) is 0 Å². The summed E-state index contributed by atoms with van der Waals surface area (Å²) >= 11 is 0. The second-order valence-electron chi connectivity index (χ2n) is 4.30. The minimum atomic E-state index is -0.240. The third kappa shape index (κ3) is 3.28. The molecule has 0 unspecified atom stereocenters. The molecule has 2 rings (SSSR count). The molecule has 19 heavy (non-hydrogen) atoms. The number of amidine groups is 1. The summed E-state index contributed by atoms with van der Waals surface area (Å²) < 4.78 is 13.1. The van der Waals surface area contributed by atoms with Crippen molar-refractivity contribution in [2.24, 2.45) is 5.73 Å². The fourth-order valence-corrected chi connectivity index (χ4v) is 1.77. The van der Waals surface area contributed by atoms with Crippen LogP contribution in [0.5, 0.6) is 0 Å². The van der Waals surface area contributed by atoms with E-state index in [1.165, 1.54) is 12.1 Å². The molecule has 0 amide bonds. The molecule has 5 heteroatoms. The van der Waals surface area contributed by atoms with E-state index in [-0.39, 0.29) is 11.7 Å². The van der Waals surface area contributed by atoms with Gasteiger partial charge in [0.2, 0.25) is 0 Å². The van der Waals surface area contributed by atoms with Crippen molar-refractivity contribution in [1.29, 1.82) is 5.41 Å². The summed E-state index contributed by atoms with van der Waals surface area (Å²) in [5.74, 6) is -0.296. The lowest BCUT2D eigenvalue weighted by Crippen LogP contribution is -2.18. The van der Waals surface area contributed by atoms with Crippen LogP contribution in [0.25, 0.3) is 0 Å². The highest BCUT2D eigenvalue weighted by Crippen LogP contribution is 2.15. The molecule has 0 bridgehead atoms. The number of nitrogens with two attached hydrogens (primary N) is 1. The van der Waals surface area contributed by atoms with Crippen molar-refractivity contribution in [3.05, 3.63) is 59.7 Å². The van der Waals surface area contributed by atoms with Gasteiger partial charge in [-0.05, 0) is 29.8 Å². The maximum Gasteiger partial charge on any atom is 0.141 e. The topological polar surface area (TPSA) is 66.0 Å². The van der Waals surface area contributed by atoms with E-state index in [0.717, 1.165) is 11.3 Å². The first-order valence-corrected chi connectivity index (χ1v) is 5.82. The highest BCUT2D eigenvalue weighted by molar-refractivity contribution is 5.93. The molecular formula is C14H15FN4. The Morgan fingerprint density at radius 2 is 2.16 bits per heavy atom. The minimum Gasteiger partial charge on any atom is -0.382 e. The Morgan fingerprint density at radius 1 is 1.37 bits per heavy atom. The number of anilines is 1. The van der Waals surface area contributed by atoms with E-state index in [9.17, 15) is 4.39 Å². The maximum absolute atomic E-state index is 13.1. The molecule has 98 valence electrons. The number of rotatable bonds is 4. The molecule has 1 aromatic heterocycles.